The summed E-state index contributed by atoms with van der Waals surface area (Å²) in [5, 5.41) is 2.15. The predicted octanol–water partition coefficient (Wildman–Crippen LogP) is 3.41. The Balaban J connectivity index is 1.81. The van der Waals surface area contributed by atoms with Gasteiger partial charge in [-0.2, -0.15) is 13.2 Å². The van der Waals surface area contributed by atoms with Gasteiger partial charge in [0, 0.05) is 16.7 Å². The Morgan fingerprint density at radius 2 is 2.05 bits per heavy atom. The Hall–Kier alpha value is -0.980. The van der Waals surface area contributed by atoms with E-state index in [2.05, 4.69) is 21.2 Å². The molecule has 0 radical (unpaired) electrons. The molecule has 2 fully saturated rings. The highest BCUT2D eigenvalue weighted by Gasteiger charge is 2.64. The summed E-state index contributed by atoms with van der Waals surface area (Å²) in [6, 6.07) is 1.81. The molecule has 104 valence electrons. The summed E-state index contributed by atoms with van der Waals surface area (Å²) in [5.74, 6) is -0.646. The van der Waals surface area contributed by atoms with Gasteiger partial charge in [0.1, 0.15) is 11.2 Å². The first-order chi connectivity index (χ1) is 8.82. The largest absolute Gasteiger partial charge is 0.411 e. The van der Waals surface area contributed by atoms with E-state index in [9.17, 15) is 18.0 Å². The molecule has 1 amide bonds. The van der Waals surface area contributed by atoms with E-state index < -0.39 is 17.6 Å². The molecule has 3 nitrogen and oxygen atoms in total. The molecule has 0 spiro atoms. The van der Waals surface area contributed by atoms with Crippen molar-refractivity contribution >= 4 is 21.8 Å². The number of halogens is 4. The zero-order valence-electron chi connectivity index (χ0n) is 9.93. The minimum atomic E-state index is -4.38. The number of carbonyl (C=O) groups is 1. The van der Waals surface area contributed by atoms with Crippen molar-refractivity contribution < 1.29 is 18.0 Å². The highest BCUT2D eigenvalue weighted by atomic mass is 79.9. The Morgan fingerprint density at radius 1 is 1.42 bits per heavy atom. The number of carbonyl (C=O) groups excluding carboxylic acids is 1. The van der Waals surface area contributed by atoms with Crippen molar-refractivity contribution in [1.29, 1.82) is 0 Å². The number of nitrogens with one attached hydrogen (secondary N) is 1. The van der Waals surface area contributed by atoms with Crippen LogP contribution in [0.15, 0.2) is 16.7 Å². The van der Waals surface area contributed by atoms with Gasteiger partial charge in [-0.15, -0.1) is 0 Å². The van der Waals surface area contributed by atoms with Gasteiger partial charge in [0.15, 0.2) is 0 Å². The van der Waals surface area contributed by atoms with Gasteiger partial charge in [-0.1, -0.05) is 0 Å². The van der Waals surface area contributed by atoms with E-state index in [0.29, 0.717) is 10.2 Å². The fraction of sp³-hybridized carbons (Fsp3) is 0.583. The van der Waals surface area contributed by atoms with Crippen LogP contribution in [0.4, 0.5) is 13.2 Å². The molecule has 0 saturated heterocycles. The number of aromatic nitrogens is 1. The third kappa shape index (κ3) is 2.28. The van der Waals surface area contributed by atoms with Crippen molar-refractivity contribution in [1.82, 2.24) is 9.88 Å². The molecule has 0 aliphatic heterocycles. The summed E-state index contributed by atoms with van der Waals surface area (Å²) < 4.78 is 40.9. The maximum Gasteiger partial charge on any atom is 0.411 e. The summed E-state index contributed by atoms with van der Waals surface area (Å²) in [7, 11) is 0. The van der Waals surface area contributed by atoms with E-state index >= 15 is 0 Å². The van der Waals surface area contributed by atoms with Crippen LogP contribution in [0.3, 0.4) is 0 Å². The molecule has 0 unspecified atom stereocenters. The summed E-state index contributed by atoms with van der Waals surface area (Å²) in [5.41, 5.74) is -1.71. The topological polar surface area (TPSA) is 34.0 Å². The zero-order chi connectivity index (χ0) is 13.8. The second-order valence-corrected chi connectivity index (χ2v) is 6.13. The number of hydrogen-bond donors (Lipinski definition) is 1. The predicted molar refractivity (Wildman–Crippen MR) is 65.9 cm³/mol. The Labute approximate surface area is 116 Å². The van der Waals surface area contributed by atoms with E-state index in [0.717, 1.165) is 12.8 Å². The van der Waals surface area contributed by atoms with Crippen molar-refractivity contribution in [2.75, 3.05) is 0 Å². The Morgan fingerprint density at radius 3 is 2.53 bits per heavy atom. The number of nitrogens with zero attached hydrogens (tertiary/aromatic N) is 1. The molecule has 2 saturated carbocycles. The first-order valence-corrected chi connectivity index (χ1v) is 6.88. The number of amides is 1. The molecule has 0 aromatic carbocycles. The molecular weight excluding hydrogens is 325 g/mol. The van der Waals surface area contributed by atoms with E-state index in [1.165, 1.54) is 0 Å². The van der Waals surface area contributed by atoms with Gasteiger partial charge in [-0.05, 0) is 47.7 Å². The average molecular weight is 337 g/mol. The van der Waals surface area contributed by atoms with Crippen molar-refractivity contribution in [3.8, 4) is 0 Å². The number of rotatable bonds is 3. The molecule has 1 N–H and O–H groups in total. The van der Waals surface area contributed by atoms with Gasteiger partial charge in [0.25, 0.3) is 5.91 Å². The lowest BCUT2D eigenvalue weighted by atomic mass is 10.2. The lowest BCUT2D eigenvalue weighted by Gasteiger charge is -2.21. The maximum atomic E-state index is 12.8. The highest BCUT2D eigenvalue weighted by molar-refractivity contribution is 9.10. The molecule has 0 atom stereocenters. The monoisotopic (exact) mass is 336 g/mol. The van der Waals surface area contributed by atoms with E-state index in [-0.39, 0.29) is 18.9 Å². The second kappa shape index (κ2) is 4.01. The van der Waals surface area contributed by atoms with E-state index in [1.807, 2.05) is 0 Å². The van der Waals surface area contributed by atoms with Gasteiger partial charge in [0.05, 0.1) is 0 Å². The Kier molecular flexibility index (Phi) is 2.75. The molecule has 3 rings (SSSR count). The quantitative estimate of drug-likeness (QED) is 0.901. The zero-order valence-corrected chi connectivity index (χ0v) is 11.5. The van der Waals surface area contributed by atoms with Crippen LogP contribution >= 0.6 is 15.9 Å². The summed E-state index contributed by atoms with van der Waals surface area (Å²) in [4.78, 5) is 12.1. The van der Waals surface area contributed by atoms with E-state index in [1.54, 1.807) is 16.8 Å². The van der Waals surface area contributed by atoms with Crippen LogP contribution in [0.2, 0.25) is 0 Å². The summed E-state index contributed by atoms with van der Waals surface area (Å²) in [6.07, 6.45) is -0.768. The molecule has 2 aliphatic carbocycles. The van der Waals surface area contributed by atoms with E-state index in [4.69, 9.17) is 0 Å². The fourth-order valence-electron chi connectivity index (χ4n) is 2.17. The average Bonchev–Trinajstić information content (AvgIpc) is 3.17. The molecule has 1 heterocycles. The highest BCUT2D eigenvalue weighted by Crippen LogP contribution is 2.49. The van der Waals surface area contributed by atoms with Crippen molar-refractivity contribution in [3.63, 3.8) is 0 Å². The van der Waals surface area contributed by atoms with Gasteiger partial charge < -0.3 is 9.88 Å². The molecule has 19 heavy (non-hydrogen) atoms. The van der Waals surface area contributed by atoms with Crippen LogP contribution in [0.5, 0.6) is 0 Å². The minimum absolute atomic E-state index is 0.0342. The third-order valence-electron chi connectivity index (χ3n) is 3.63. The molecule has 7 heteroatoms. The standard InChI is InChI=1S/C12H12BrF3N2O/c13-7-5-9(18(6-7)8-1-2-8)10(19)17-11(3-4-11)12(14,15)16/h5-6,8H,1-4H2,(H,17,19). The Bertz CT molecular complexity index is 530. The normalized spacial score (nSPS) is 21.3. The number of hydrogen-bond acceptors (Lipinski definition) is 1. The van der Waals surface area contributed by atoms with Gasteiger partial charge >= 0.3 is 6.18 Å². The van der Waals surface area contributed by atoms with Crippen molar-refractivity contribution in [2.45, 2.75) is 43.4 Å². The van der Waals surface area contributed by atoms with Gasteiger partial charge in [-0.25, -0.2) is 0 Å². The molecule has 0 bridgehead atoms. The van der Waals surface area contributed by atoms with Crippen LogP contribution in [0, 0.1) is 0 Å². The van der Waals surface area contributed by atoms with Gasteiger partial charge in [-0.3, -0.25) is 4.79 Å². The lowest BCUT2D eigenvalue weighted by Crippen LogP contribution is -2.48. The van der Waals surface area contributed by atoms with Crippen LogP contribution < -0.4 is 5.32 Å². The van der Waals surface area contributed by atoms with Crippen LogP contribution in [0.1, 0.15) is 42.2 Å². The molecule has 2 aliphatic rings. The SMILES string of the molecule is O=C(NC1(C(F)(F)F)CC1)c1cc(Br)cn1C1CC1. The second-order valence-electron chi connectivity index (χ2n) is 5.22. The molecule has 1 aromatic rings. The minimum Gasteiger partial charge on any atom is -0.339 e. The van der Waals surface area contributed by atoms with Crippen molar-refractivity contribution in [3.05, 3.63) is 22.4 Å². The summed E-state index contributed by atoms with van der Waals surface area (Å²) in [6.45, 7) is 0. The first-order valence-electron chi connectivity index (χ1n) is 6.09. The molecular formula is C12H12BrF3N2O. The van der Waals surface area contributed by atoms with Crippen LogP contribution in [-0.2, 0) is 0 Å². The van der Waals surface area contributed by atoms with Crippen LogP contribution in [-0.4, -0.2) is 22.2 Å². The van der Waals surface area contributed by atoms with Gasteiger partial charge in [0.2, 0.25) is 0 Å². The molecule has 1 aromatic heterocycles. The third-order valence-corrected chi connectivity index (χ3v) is 4.07. The van der Waals surface area contributed by atoms with Crippen LogP contribution in [0.25, 0.3) is 0 Å². The first kappa shape index (κ1) is 13.0. The van der Waals surface area contributed by atoms with Crippen molar-refractivity contribution in [2.24, 2.45) is 0 Å². The number of alkyl halides is 3. The smallest absolute Gasteiger partial charge is 0.339 e. The fourth-order valence-corrected chi connectivity index (χ4v) is 2.61. The maximum absolute atomic E-state index is 12.8. The summed E-state index contributed by atoms with van der Waals surface area (Å²) >= 11 is 3.26. The lowest BCUT2D eigenvalue weighted by molar-refractivity contribution is -0.163.